The summed E-state index contributed by atoms with van der Waals surface area (Å²) in [4.78, 5) is 25.2. The summed E-state index contributed by atoms with van der Waals surface area (Å²) in [6.45, 7) is 2.32. The van der Waals surface area contributed by atoms with Crippen LogP contribution in [-0.2, 0) is 25.8 Å². The van der Waals surface area contributed by atoms with Crippen LogP contribution < -0.4 is 5.32 Å². The summed E-state index contributed by atoms with van der Waals surface area (Å²) >= 11 is 1.25. The number of aryl methyl sites for hydroxylation is 3. The molecule has 3 aromatic rings. The summed E-state index contributed by atoms with van der Waals surface area (Å²) in [7, 11) is 0. The quantitative estimate of drug-likeness (QED) is 0.634. The van der Waals surface area contributed by atoms with Gasteiger partial charge in [0, 0.05) is 25.4 Å². The zero-order valence-corrected chi connectivity index (χ0v) is 17.2. The minimum atomic E-state index is -0.102. The van der Waals surface area contributed by atoms with Crippen LogP contribution in [0.25, 0.3) is 0 Å². The van der Waals surface area contributed by atoms with Gasteiger partial charge in [-0.25, -0.2) is 0 Å². The number of ketones is 1. The zero-order chi connectivity index (χ0) is 20.2. The van der Waals surface area contributed by atoms with Crippen molar-refractivity contribution < 1.29 is 9.59 Å². The van der Waals surface area contributed by atoms with Crippen LogP contribution in [0.1, 0.15) is 56.3 Å². The molecule has 1 aliphatic rings. The number of aromatic nitrogens is 3. The molecule has 1 amide bonds. The third kappa shape index (κ3) is 4.62. The highest BCUT2D eigenvalue weighted by atomic mass is 32.1. The third-order valence-corrected chi connectivity index (χ3v) is 6.50. The predicted molar refractivity (Wildman–Crippen MR) is 112 cm³/mol. The van der Waals surface area contributed by atoms with E-state index in [2.05, 4.69) is 44.3 Å². The molecule has 1 unspecified atom stereocenters. The largest absolute Gasteiger partial charge is 0.349 e. The maximum absolute atomic E-state index is 12.6. The first-order valence-corrected chi connectivity index (χ1v) is 10.8. The molecule has 150 valence electrons. The molecule has 3 heterocycles. The Bertz CT molecular complexity index is 1010. The van der Waals surface area contributed by atoms with Crippen LogP contribution in [0.15, 0.2) is 42.5 Å². The van der Waals surface area contributed by atoms with Crippen molar-refractivity contribution in [3.8, 4) is 0 Å². The van der Waals surface area contributed by atoms with Gasteiger partial charge in [-0.2, -0.15) is 0 Å². The van der Waals surface area contributed by atoms with Crippen LogP contribution in [0.2, 0.25) is 0 Å². The summed E-state index contributed by atoms with van der Waals surface area (Å²) in [6.07, 6.45) is 4.28. The molecule has 1 N–H and O–H groups in total. The van der Waals surface area contributed by atoms with Crippen LogP contribution in [0.3, 0.4) is 0 Å². The second-order valence-corrected chi connectivity index (χ2v) is 8.47. The number of hydrogen-bond acceptors (Lipinski definition) is 5. The Labute approximate surface area is 174 Å². The molecule has 1 aliphatic heterocycles. The van der Waals surface area contributed by atoms with Crippen LogP contribution >= 0.6 is 11.3 Å². The first kappa shape index (κ1) is 19.5. The number of nitrogens with zero attached hydrogens (tertiary/aromatic N) is 3. The molecule has 4 rings (SSSR count). The Kier molecular flexibility index (Phi) is 5.85. The molecule has 0 fully saturated rings. The minimum Gasteiger partial charge on any atom is -0.349 e. The van der Waals surface area contributed by atoms with E-state index < -0.39 is 0 Å². The Morgan fingerprint density at radius 2 is 1.86 bits per heavy atom. The van der Waals surface area contributed by atoms with Crippen LogP contribution in [0.5, 0.6) is 0 Å². The maximum atomic E-state index is 12.6. The van der Waals surface area contributed by atoms with Crippen molar-refractivity contribution in [2.75, 3.05) is 0 Å². The number of carbonyl (C=O) groups is 2. The van der Waals surface area contributed by atoms with Crippen molar-refractivity contribution in [1.82, 2.24) is 20.1 Å². The fourth-order valence-corrected chi connectivity index (χ4v) is 4.49. The van der Waals surface area contributed by atoms with Crippen molar-refractivity contribution in [3.63, 3.8) is 0 Å². The maximum Gasteiger partial charge on any atom is 0.261 e. The SMILES string of the molecule is CC(=O)c1ccc(C(=O)NC2CCc3nnc(CCc4ccccc4)n3CC2)s1. The molecule has 0 radical (unpaired) electrons. The van der Waals surface area contributed by atoms with Gasteiger partial charge in [0.15, 0.2) is 5.78 Å². The smallest absolute Gasteiger partial charge is 0.261 e. The summed E-state index contributed by atoms with van der Waals surface area (Å²) in [5, 5.41) is 11.9. The highest BCUT2D eigenvalue weighted by Crippen LogP contribution is 2.20. The van der Waals surface area contributed by atoms with E-state index in [-0.39, 0.29) is 17.7 Å². The molecule has 6 nitrogen and oxygen atoms in total. The molecule has 0 spiro atoms. The van der Waals surface area contributed by atoms with E-state index in [0.717, 1.165) is 50.3 Å². The van der Waals surface area contributed by atoms with Crippen molar-refractivity contribution >= 4 is 23.0 Å². The first-order valence-electron chi connectivity index (χ1n) is 9.96. The fourth-order valence-electron chi connectivity index (χ4n) is 3.68. The Morgan fingerprint density at radius 3 is 2.62 bits per heavy atom. The lowest BCUT2D eigenvalue weighted by Crippen LogP contribution is -2.34. The highest BCUT2D eigenvalue weighted by molar-refractivity contribution is 7.15. The summed E-state index contributed by atoms with van der Waals surface area (Å²) in [5.41, 5.74) is 1.30. The molecule has 1 atom stereocenters. The lowest BCUT2D eigenvalue weighted by Gasteiger charge is -2.15. The molecule has 0 bridgehead atoms. The van der Waals surface area contributed by atoms with Crippen molar-refractivity contribution in [3.05, 3.63) is 69.4 Å². The Balaban J connectivity index is 1.36. The fraction of sp³-hybridized carbons (Fsp3) is 0.364. The molecule has 7 heteroatoms. The van der Waals surface area contributed by atoms with Gasteiger partial charge in [-0.1, -0.05) is 30.3 Å². The lowest BCUT2D eigenvalue weighted by atomic mass is 10.1. The number of Topliss-reactive ketones (excluding diaryl/α,β-unsaturated/α-hetero) is 1. The third-order valence-electron chi connectivity index (χ3n) is 5.31. The molecule has 29 heavy (non-hydrogen) atoms. The van der Waals surface area contributed by atoms with E-state index in [0.29, 0.717) is 9.75 Å². The number of benzene rings is 1. The first-order chi connectivity index (χ1) is 14.1. The molecular formula is C22H24N4O2S. The lowest BCUT2D eigenvalue weighted by molar-refractivity contribution is 0.0936. The van der Waals surface area contributed by atoms with Gasteiger partial charge in [-0.05, 0) is 43.9 Å². The normalized spacial score (nSPS) is 16.1. The second kappa shape index (κ2) is 8.69. The number of nitrogens with one attached hydrogen (secondary N) is 1. The number of amides is 1. The van der Waals surface area contributed by atoms with Gasteiger partial charge < -0.3 is 9.88 Å². The standard InChI is InChI=1S/C22H24N4O2S/c1-15(27)18-9-10-19(29-18)22(28)23-17-8-12-21-25-24-20(26(21)14-13-17)11-7-16-5-3-2-4-6-16/h2-6,9-10,17H,7-8,11-14H2,1H3,(H,23,28). The van der Waals surface area contributed by atoms with E-state index >= 15 is 0 Å². The van der Waals surface area contributed by atoms with Gasteiger partial charge in [0.25, 0.3) is 5.91 Å². The van der Waals surface area contributed by atoms with Gasteiger partial charge in [-0.15, -0.1) is 21.5 Å². The molecular weight excluding hydrogens is 384 g/mol. The van der Waals surface area contributed by atoms with Crippen molar-refractivity contribution in [2.24, 2.45) is 0 Å². The molecule has 2 aromatic heterocycles. The average Bonchev–Trinajstić information content (AvgIpc) is 3.32. The van der Waals surface area contributed by atoms with Gasteiger partial charge in [0.1, 0.15) is 11.6 Å². The van der Waals surface area contributed by atoms with E-state index in [1.807, 2.05) is 6.07 Å². The van der Waals surface area contributed by atoms with Gasteiger partial charge >= 0.3 is 0 Å². The van der Waals surface area contributed by atoms with Gasteiger partial charge in [0.2, 0.25) is 0 Å². The Hall–Kier alpha value is -2.80. The monoisotopic (exact) mass is 408 g/mol. The van der Waals surface area contributed by atoms with E-state index in [1.165, 1.54) is 23.8 Å². The molecule has 1 aromatic carbocycles. The number of thiophene rings is 1. The number of rotatable bonds is 6. The van der Waals surface area contributed by atoms with Crippen molar-refractivity contribution in [2.45, 2.75) is 51.6 Å². The van der Waals surface area contributed by atoms with Crippen LogP contribution in [0.4, 0.5) is 0 Å². The summed E-state index contributed by atoms with van der Waals surface area (Å²) < 4.78 is 2.22. The van der Waals surface area contributed by atoms with E-state index in [9.17, 15) is 9.59 Å². The molecule has 0 saturated heterocycles. The molecule has 0 aliphatic carbocycles. The second-order valence-electron chi connectivity index (χ2n) is 7.39. The predicted octanol–water partition coefficient (Wildman–Crippen LogP) is 3.46. The van der Waals surface area contributed by atoms with Gasteiger partial charge in [0.05, 0.1) is 9.75 Å². The summed E-state index contributed by atoms with van der Waals surface area (Å²) in [6, 6.07) is 13.9. The topological polar surface area (TPSA) is 76.9 Å². The Morgan fingerprint density at radius 1 is 1.07 bits per heavy atom. The van der Waals surface area contributed by atoms with Crippen LogP contribution in [0, 0.1) is 0 Å². The average molecular weight is 409 g/mol. The highest BCUT2D eigenvalue weighted by Gasteiger charge is 2.22. The minimum absolute atomic E-state index is 0.00975. The van der Waals surface area contributed by atoms with E-state index in [4.69, 9.17) is 0 Å². The molecule has 0 saturated carbocycles. The van der Waals surface area contributed by atoms with Crippen LogP contribution in [-0.4, -0.2) is 32.5 Å². The summed E-state index contributed by atoms with van der Waals surface area (Å²) in [5.74, 6) is 1.90. The van der Waals surface area contributed by atoms with E-state index in [1.54, 1.807) is 12.1 Å². The van der Waals surface area contributed by atoms with Gasteiger partial charge in [-0.3, -0.25) is 9.59 Å². The van der Waals surface area contributed by atoms with Crippen molar-refractivity contribution in [1.29, 1.82) is 0 Å². The zero-order valence-electron chi connectivity index (χ0n) is 16.4. The number of hydrogen-bond donors (Lipinski definition) is 1. The number of fused-ring (bicyclic) bond motifs is 1. The number of carbonyl (C=O) groups excluding carboxylic acids is 2.